The van der Waals surface area contributed by atoms with E-state index in [1.54, 1.807) is 0 Å². The van der Waals surface area contributed by atoms with Crippen molar-refractivity contribution in [2.45, 2.75) is 56.2 Å². The average molecular weight is 315 g/mol. The van der Waals surface area contributed by atoms with Crippen molar-refractivity contribution in [3.63, 3.8) is 0 Å². The Morgan fingerprint density at radius 1 is 1.43 bits per heavy atom. The lowest BCUT2D eigenvalue weighted by atomic mass is 9.98. The third-order valence-corrected chi connectivity index (χ3v) is 6.93. The molecule has 21 heavy (non-hydrogen) atoms. The predicted octanol–water partition coefficient (Wildman–Crippen LogP) is 1.02. The summed E-state index contributed by atoms with van der Waals surface area (Å²) in [6.45, 7) is 5.16. The zero-order chi connectivity index (χ0) is 15.8. The minimum atomic E-state index is -3.54. The monoisotopic (exact) mass is 315 g/mol. The SMILES string of the molecule is CC/C=C\CCOC(=O)[C@@H]1N2C(=O)C[C@H]2S(=O)(=O)C1(C)C. The van der Waals surface area contributed by atoms with Crippen LogP contribution in [0.3, 0.4) is 0 Å². The highest BCUT2D eigenvalue weighted by atomic mass is 32.2. The van der Waals surface area contributed by atoms with E-state index >= 15 is 0 Å². The van der Waals surface area contributed by atoms with E-state index in [4.69, 9.17) is 4.74 Å². The van der Waals surface area contributed by atoms with Gasteiger partial charge in [-0.3, -0.25) is 4.79 Å². The molecule has 0 radical (unpaired) electrons. The van der Waals surface area contributed by atoms with Crippen LogP contribution in [0.15, 0.2) is 12.2 Å². The molecule has 2 fully saturated rings. The first-order chi connectivity index (χ1) is 9.75. The van der Waals surface area contributed by atoms with Crippen molar-refractivity contribution in [3.05, 3.63) is 12.2 Å². The second-order valence-corrected chi connectivity index (χ2v) is 8.53. The van der Waals surface area contributed by atoms with Gasteiger partial charge in [0.15, 0.2) is 9.84 Å². The van der Waals surface area contributed by atoms with Crippen LogP contribution in [0.2, 0.25) is 0 Å². The molecule has 0 bridgehead atoms. The quantitative estimate of drug-likeness (QED) is 0.327. The molecule has 0 unspecified atom stereocenters. The molecule has 6 nitrogen and oxygen atoms in total. The van der Waals surface area contributed by atoms with E-state index in [1.807, 2.05) is 19.1 Å². The molecule has 2 rings (SSSR count). The molecule has 0 saturated carbocycles. The van der Waals surface area contributed by atoms with Gasteiger partial charge in [-0.25, -0.2) is 13.2 Å². The maximum absolute atomic E-state index is 12.3. The Morgan fingerprint density at radius 2 is 2.10 bits per heavy atom. The van der Waals surface area contributed by atoms with Gasteiger partial charge >= 0.3 is 5.97 Å². The Hall–Kier alpha value is -1.37. The van der Waals surface area contributed by atoms with Crippen molar-refractivity contribution in [3.8, 4) is 0 Å². The van der Waals surface area contributed by atoms with Crippen LogP contribution in [0.1, 0.15) is 40.0 Å². The number of nitrogens with zero attached hydrogens (tertiary/aromatic N) is 1. The third kappa shape index (κ3) is 2.37. The number of fused-ring (bicyclic) bond motifs is 1. The summed E-state index contributed by atoms with van der Waals surface area (Å²) >= 11 is 0. The first kappa shape index (κ1) is 16.0. The first-order valence-electron chi connectivity index (χ1n) is 7.11. The van der Waals surface area contributed by atoms with Gasteiger partial charge in [0.25, 0.3) is 0 Å². The molecule has 2 saturated heterocycles. The molecule has 118 valence electrons. The molecule has 7 heteroatoms. The number of carbonyl (C=O) groups excluding carboxylic acids is 2. The van der Waals surface area contributed by atoms with Gasteiger partial charge in [0.05, 0.1) is 17.8 Å². The molecule has 2 heterocycles. The van der Waals surface area contributed by atoms with E-state index in [0.717, 1.165) is 6.42 Å². The highest BCUT2D eigenvalue weighted by Gasteiger charge is 2.68. The molecule has 0 aromatic carbocycles. The zero-order valence-corrected chi connectivity index (χ0v) is 13.4. The van der Waals surface area contributed by atoms with Gasteiger partial charge in [-0.2, -0.15) is 0 Å². The van der Waals surface area contributed by atoms with E-state index in [9.17, 15) is 18.0 Å². The second kappa shape index (κ2) is 5.44. The number of allylic oxidation sites excluding steroid dienone is 1. The number of amides is 1. The smallest absolute Gasteiger partial charge is 0.330 e. The molecule has 2 atom stereocenters. The maximum atomic E-state index is 12.3. The molecule has 0 spiro atoms. The van der Waals surface area contributed by atoms with Crippen molar-refractivity contribution in [1.29, 1.82) is 0 Å². The second-order valence-electron chi connectivity index (χ2n) is 5.85. The fraction of sp³-hybridized carbons (Fsp3) is 0.714. The van der Waals surface area contributed by atoms with Crippen molar-refractivity contribution in [2.75, 3.05) is 6.61 Å². The standard InChI is InChI=1S/C14H21NO5S/c1-4-5-6-7-8-20-13(17)12-14(2,3)21(18,19)11-9-10(16)15(11)12/h5-6,11-12H,4,7-9H2,1-3H3/b6-5-/t11-,12+/m1/s1. The topological polar surface area (TPSA) is 80.8 Å². The van der Waals surface area contributed by atoms with Gasteiger partial charge in [-0.1, -0.05) is 19.1 Å². The van der Waals surface area contributed by atoms with E-state index in [-0.39, 0.29) is 18.9 Å². The molecular formula is C14H21NO5S. The van der Waals surface area contributed by atoms with Gasteiger partial charge in [0, 0.05) is 0 Å². The summed E-state index contributed by atoms with van der Waals surface area (Å²) in [6.07, 6.45) is 5.33. The van der Waals surface area contributed by atoms with Gasteiger partial charge in [-0.15, -0.1) is 0 Å². The Labute approximate surface area is 125 Å². The average Bonchev–Trinajstić information content (AvgIpc) is 2.52. The van der Waals surface area contributed by atoms with Crippen molar-refractivity contribution in [2.24, 2.45) is 0 Å². The summed E-state index contributed by atoms with van der Waals surface area (Å²) in [7, 11) is -3.54. The van der Waals surface area contributed by atoms with Crippen LogP contribution in [0.5, 0.6) is 0 Å². The summed E-state index contributed by atoms with van der Waals surface area (Å²) in [5.41, 5.74) is 0. The highest BCUT2D eigenvalue weighted by molar-refractivity contribution is 7.93. The highest BCUT2D eigenvalue weighted by Crippen LogP contribution is 2.45. The van der Waals surface area contributed by atoms with Crippen molar-refractivity contribution >= 4 is 21.7 Å². The van der Waals surface area contributed by atoms with Gasteiger partial charge in [0.2, 0.25) is 5.91 Å². The summed E-state index contributed by atoms with van der Waals surface area (Å²) in [5, 5.41) is -0.863. The fourth-order valence-electron chi connectivity index (χ4n) is 2.80. The largest absolute Gasteiger partial charge is 0.464 e. The van der Waals surface area contributed by atoms with Crippen LogP contribution in [0, 0.1) is 0 Å². The van der Waals surface area contributed by atoms with Gasteiger partial charge in [-0.05, 0) is 26.7 Å². The number of β-lactam (4-membered cyclic amide) rings is 1. The molecule has 0 aromatic rings. The Balaban J connectivity index is 2.09. The predicted molar refractivity (Wildman–Crippen MR) is 77.0 cm³/mol. The van der Waals surface area contributed by atoms with Crippen LogP contribution in [0.25, 0.3) is 0 Å². The normalized spacial score (nSPS) is 29.3. The molecular weight excluding hydrogens is 294 g/mol. The van der Waals surface area contributed by atoms with E-state index in [1.165, 1.54) is 18.7 Å². The summed E-state index contributed by atoms with van der Waals surface area (Å²) < 4.78 is 28.5. The van der Waals surface area contributed by atoms with Crippen LogP contribution in [-0.2, 0) is 24.2 Å². The Kier molecular flexibility index (Phi) is 4.15. The van der Waals surface area contributed by atoms with Gasteiger partial charge in [0.1, 0.15) is 11.4 Å². The summed E-state index contributed by atoms with van der Waals surface area (Å²) in [6, 6.07) is -1.04. The van der Waals surface area contributed by atoms with Crippen LogP contribution < -0.4 is 0 Å². The Bertz CT molecular complexity index is 578. The lowest BCUT2D eigenvalue weighted by molar-refractivity contribution is -0.161. The number of carbonyl (C=O) groups is 2. The molecule has 1 amide bonds. The third-order valence-electron chi connectivity index (χ3n) is 4.13. The number of esters is 1. The summed E-state index contributed by atoms with van der Waals surface area (Å²) in [4.78, 5) is 25.0. The molecule has 0 aromatic heterocycles. The maximum Gasteiger partial charge on any atom is 0.330 e. The zero-order valence-electron chi connectivity index (χ0n) is 12.5. The van der Waals surface area contributed by atoms with Crippen LogP contribution >= 0.6 is 0 Å². The first-order valence-corrected chi connectivity index (χ1v) is 8.66. The van der Waals surface area contributed by atoms with Gasteiger partial charge < -0.3 is 9.64 Å². The van der Waals surface area contributed by atoms with Crippen molar-refractivity contribution in [1.82, 2.24) is 4.90 Å². The number of hydrogen-bond acceptors (Lipinski definition) is 5. The lowest BCUT2D eigenvalue weighted by Crippen LogP contribution is -2.57. The minimum absolute atomic E-state index is 0.0330. The molecule has 0 aliphatic carbocycles. The Morgan fingerprint density at radius 3 is 2.67 bits per heavy atom. The fourth-order valence-corrected chi connectivity index (χ4v) is 4.92. The van der Waals surface area contributed by atoms with Crippen molar-refractivity contribution < 1.29 is 22.7 Å². The van der Waals surface area contributed by atoms with Crippen LogP contribution in [0.4, 0.5) is 0 Å². The minimum Gasteiger partial charge on any atom is -0.464 e. The lowest BCUT2D eigenvalue weighted by Gasteiger charge is -2.36. The number of hydrogen-bond donors (Lipinski definition) is 0. The number of sulfone groups is 1. The molecule has 0 N–H and O–H groups in total. The van der Waals surface area contributed by atoms with E-state index in [0.29, 0.717) is 6.42 Å². The van der Waals surface area contributed by atoms with E-state index in [2.05, 4.69) is 0 Å². The number of rotatable bonds is 5. The number of ether oxygens (including phenoxy) is 1. The molecule has 2 aliphatic heterocycles. The summed E-state index contributed by atoms with van der Waals surface area (Å²) in [5.74, 6) is -0.939. The van der Waals surface area contributed by atoms with E-state index < -0.39 is 32.0 Å². The molecule has 2 aliphatic rings. The van der Waals surface area contributed by atoms with Crippen LogP contribution in [-0.4, -0.2) is 48.0 Å².